The Morgan fingerprint density at radius 1 is 1.50 bits per heavy atom. The maximum atomic E-state index is 11.6. The molecule has 16 heavy (non-hydrogen) atoms. The predicted molar refractivity (Wildman–Crippen MR) is 59.9 cm³/mol. The zero-order chi connectivity index (χ0) is 11.7. The minimum absolute atomic E-state index is 0.0197. The zero-order valence-corrected chi connectivity index (χ0v) is 9.28. The SMILES string of the molecule is COC1=Nc2ccc(CO)c(C)c2CC1=O. The van der Waals surface area contributed by atoms with Crippen molar-refractivity contribution in [3.05, 3.63) is 28.8 Å². The number of nitrogens with zero attached hydrogens (tertiary/aromatic N) is 1. The molecule has 0 saturated heterocycles. The predicted octanol–water partition coefficient (Wildman–Crippen LogP) is 1.29. The first-order chi connectivity index (χ1) is 7.67. The van der Waals surface area contributed by atoms with Crippen molar-refractivity contribution >= 4 is 17.4 Å². The van der Waals surface area contributed by atoms with E-state index in [1.54, 1.807) is 6.07 Å². The fourth-order valence-electron chi connectivity index (χ4n) is 1.86. The van der Waals surface area contributed by atoms with Crippen LogP contribution in [0.2, 0.25) is 0 Å². The second kappa shape index (κ2) is 4.06. The van der Waals surface area contributed by atoms with Crippen LogP contribution in [0.15, 0.2) is 17.1 Å². The van der Waals surface area contributed by atoms with Crippen LogP contribution in [-0.2, 0) is 22.6 Å². The van der Waals surface area contributed by atoms with E-state index in [1.165, 1.54) is 7.11 Å². The van der Waals surface area contributed by atoms with E-state index in [2.05, 4.69) is 4.99 Å². The van der Waals surface area contributed by atoms with Crippen molar-refractivity contribution in [2.45, 2.75) is 20.0 Å². The highest BCUT2D eigenvalue weighted by Crippen LogP contribution is 2.29. The Hall–Kier alpha value is -1.68. The molecule has 1 aromatic rings. The van der Waals surface area contributed by atoms with Gasteiger partial charge in [0.05, 0.1) is 19.4 Å². The molecule has 4 heteroatoms. The Morgan fingerprint density at radius 2 is 2.25 bits per heavy atom. The molecule has 1 aromatic carbocycles. The number of methoxy groups -OCH3 is 1. The quantitative estimate of drug-likeness (QED) is 0.774. The molecule has 0 amide bonds. The number of ether oxygens (including phenoxy) is 1. The molecule has 2 rings (SSSR count). The van der Waals surface area contributed by atoms with Gasteiger partial charge >= 0.3 is 0 Å². The second-order valence-corrected chi connectivity index (χ2v) is 3.73. The summed E-state index contributed by atoms with van der Waals surface area (Å²) >= 11 is 0. The lowest BCUT2D eigenvalue weighted by Crippen LogP contribution is -2.22. The number of aliphatic imine (C=N–C) groups is 1. The van der Waals surface area contributed by atoms with Gasteiger partial charge in [-0.3, -0.25) is 4.79 Å². The van der Waals surface area contributed by atoms with Crippen LogP contribution in [0.3, 0.4) is 0 Å². The first kappa shape index (κ1) is 10.8. The Kier molecular flexibility index (Phi) is 2.75. The molecule has 0 spiro atoms. The average molecular weight is 219 g/mol. The summed E-state index contributed by atoms with van der Waals surface area (Å²) < 4.78 is 4.91. The van der Waals surface area contributed by atoms with Crippen LogP contribution in [0.4, 0.5) is 5.69 Å². The van der Waals surface area contributed by atoms with E-state index >= 15 is 0 Å². The van der Waals surface area contributed by atoms with Crippen molar-refractivity contribution in [2.75, 3.05) is 7.11 Å². The average Bonchev–Trinajstić information content (AvgIpc) is 2.30. The summed E-state index contributed by atoms with van der Waals surface area (Å²) in [6.45, 7) is 1.87. The summed E-state index contributed by atoms with van der Waals surface area (Å²) in [6, 6.07) is 3.63. The number of fused-ring (bicyclic) bond motifs is 1. The largest absolute Gasteiger partial charge is 0.478 e. The first-order valence-electron chi connectivity index (χ1n) is 5.05. The van der Waals surface area contributed by atoms with Crippen molar-refractivity contribution in [1.29, 1.82) is 0 Å². The van der Waals surface area contributed by atoms with E-state index in [0.29, 0.717) is 6.42 Å². The fourth-order valence-corrected chi connectivity index (χ4v) is 1.86. The molecule has 0 atom stereocenters. The highest BCUT2D eigenvalue weighted by atomic mass is 16.5. The lowest BCUT2D eigenvalue weighted by Gasteiger charge is -2.17. The van der Waals surface area contributed by atoms with Crippen molar-refractivity contribution in [1.82, 2.24) is 0 Å². The highest BCUT2D eigenvalue weighted by molar-refractivity contribution is 6.38. The van der Waals surface area contributed by atoms with E-state index in [4.69, 9.17) is 9.84 Å². The number of Topliss-reactive ketones (excluding diaryl/α,β-unsaturated/α-hetero) is 1. The number of rotatable bonds is 1. The first-order valence-corrected chi connectivity index (χ1v) is 5.05. The Bertz CT molecular complexity index is 477. The third kappa shape index (κ3) is 1.61. The van der Waals surface area contributed by atoms with E-state index in [-0.39, 0.29) is 18.3 Å². The second-order valence-electron chi connectivity index (χ2n) is 3.73. The Balaban J connectivity index is 2.56. The van der Waals surface area contributed by atoms with E-state index < -0.39 is 0 Å². The Morgan fingerprint density at radius 3 is 2.88 bits per heavy atom. The minimum Gasteiger partial charge on any atom is -0.478 e. The number of hydrogen-bond donors (Lipinski definition) is 1. The topological polar surface area (TPSA) is 58.9 Å². The standard InChI is InChI=1S/C12H13NO3/c1-7-8(6-14)3-4-10-9(7)5-11(15)12(13-10)16-2/h3-4,14H,5-6H2,1-2H3. The van der Waals surface area contributed by atoms with Gasteiger partial charge in [-0.05, 0) is 29.7 Å². The highest BCUT2D eigenvalue weighted by Gasteiger charge is 2.23. The number of carbonyl (C=O) groups is 1. The fraction of sp³-hybridized carbons (Fsp3) is 0.333. The molecule has 1 aliphatic heterocycles. The normalized spacial score (nSPS) is 14.4. The molecule has 4 nitrogen and oxygen atoms in total. The monoisotopic (exact) mass is 219 g/mol. The third-order valence-electron chi connectivity index (χ3n) is 2.85. The molecule has 1 heterocycles. The summed E-state index contributed by atoms with van der Waals surface area (Å²) in [7, 11) is 1.44. The van der Waals surface area contributed by atoms with Gasteiger partial charge in [0.15, 0.2) is 0 Å². The zero-order valence-electron chi connectivity index (χ0n) is 9.28. The van der Waals surface area contributed by atoms with Gasteiger partial charge in [-0.15, -0.1) is 0 Å². The van der Waals surface area contributed by atoms with Crippen molar-refractivity contribution in [3.63, 3.8) is 0 Å². The van der Waals surface area contributed by atoms with Gasteiger partial charge in [-0.2, -0.15) is 0 Å². The molecule has 0 saturated carbocycles. The number of carbonyl (C=O) groups excluding carboxylic acids is 1. The van der Waals surface area contributed by atoms with Crippen LogP contribution in [0.1, 0.15) is 16.7 Å². The number of aliphatic hydroxyl groups excluding tert-OH is 1. The van der Waals surface area contributed by atoms with Crippen LogP contribution in [0, 0.1) is 6.92 Å². The molecule has 1 aliphatic rings. The Labute approximate surface area is 93.6 Å². The van der Waals surface area contributed by atoms with E-state index in [0.717, 1.165) is 22.4 Å². The van der Waals surface area contributed by atoms with Crippen molar-refractivity contribution in [2.24, 2.45) is 4.99 Å². The molecule has 0 unspecified atom stereocenters. The van der Waals surface area contributed by atoms with E-state index in [9.17, 15) is 4.79 Å². The van der Waals surface area contributed by atoms with Crippen LogP contribution in [0.25, 0.3) is 0 Å². The summed E-state index contributed by atoms with van der Waals surface area (Å²) in [6.07, 6.45) is 0.293. The van der Waals surface area contributed by atoms with Crippen LogP contribution in [-0.4, -0.2) is 23.9 Å². The summed E-state index contributed by atoms with van der Waals surface area (Å²) in [5.74, 6) is 0.0387. The number of hydrogen-bond acceptors (Lipinski definition) is 4. The number of benzene rings is 1. The smallest absolute Gasteiger partial charge is 0.258 e. The van der Waals surface area contributed by atoms with Gasteiger partial charge in [0.25, 0.3) is 5.90 Å². The van der Waals surface area contributed by atoms with Gasteiger partial charge in [0, 0.05) is 6.42 Å². The van der Waals surface area contributed by atoms with E-state index in [1.807, 2.05) is 13.0 Å². The van der Waals surface area contributed by atoms with Crippen LogP contribution in [0.5, 0.6) is 0 Å². The summed E-state index contributed by atoms with van der Waals surface area (Å²) in [4.78, 5) is 15.8. The van der Waals surface area contributed by atoms with Gasteiger partial charge in [-0.1, -0.05) is 6.07 Å². The number of aliphatic hydroxyl groups is 1. The molecule has 0 radical (unpaired) electrons. The van der Waals surface area contributed by atoms with Crippen molar-refractivity contribution in [3.8, 4) is 0 Å². The van der Waals surface area contributed by atoms with Gasteiger partial charge < -0.3 is 9.84 Å². The lowest BCUT2D eigenvalue weighted by molar-refractivity contribution is -0.113. The molecule has 1 N–H and O–H groups in total. The molecule has 0 bridgehead atoms. The minimum atomic E-state index is -0.117. The van der Waals surface area contributed by atoms with Gasteiger partial charge in [0.2, 0.25) is 5.78 Å². The summed E-state index contributed by atoms with van der Waals surface area (Å²) in [5.41, 5.74) is 3.42. The maximum absolute atomic E-state index is 11.6. The van der Waals surface area contributed by atoms with Gasteiger partial charge in [0.1, 0.15) is 0 Å². The molecular formula is C12H13NO3. The third-order valence-corrected chi connectivity index (χ3v) is 2.85. The van der Waals surface area contributed by atoms with Gasteiger partial charge in [-0.25, -0.2) is 4.99 Å². The molecular weight excluding hydrogens is 206 g/mol. The molecule has 0 aromatic heterocycles. The molecule has 84 valence electrons. The summed E-state index contributed by atoms with van der Waals surface area (Å²) in [5, 5.41) is 9.14. The molecule has 0 aliphatic carbocycles. The maximum Gasteiger partial charge on any atom is 0.258 e. The lowest BCUT2D eigenvalue weighted by atomic mass is 9.95. The number of ketones is 1. The molecule has 0 fully saturated rings. The van der Waals surface area contributed by atoms with Crippen LogP contribution < -0.4 is 0 Å². The van der Waals surface area contributed by atoms with Crippen molar-refractivity contribution < 1.29 is 14.6 Å². The van der Waals surface area contributed by atoms with Crippen LogP contribution >= 0.6 is 0 Å².